The zero-order chi connectivity index (χ0) is 37.6. The second-order valence-corrected chi connectivity index (χ2v) is 13.6. The van der Waals surface area contributed by atoms with Crippen molar-refractivity contribution in [1.82, 2.24) is 31.5 Å². The van der Waals surface area contributed by atoms with Crippen LogP contribution in [0.2, 0.25) is 0 Å². The Bertz CT molecular complexity index is 1630. The third-order valence-corrected chi connectivity index (χ3v) is 9.09. The van der Waals surface area contributed by atoms with Gasteiger partial charge in [0.05, 0.1) is 6.54 Å². The summed E-state index contributed by atoms with van der Waals surface area (Å²) in [6.07, 6.45) is 0.733. The number of carbonyl (C=O) groups is 6. The van der Waals surface area contributed by atoms with Crippen LogP contribution >= 0.6 is 0 Å². The largest absolute Gasteiger partial charge is 0.355 e. The molecule has 3 aromatic carbocycles. The van der Waals surface area contributed by atoms with E-state index in [0.717, 1.165) is 16.7 Å². The molecule has 0 aliphatic carbocycles. The smallest absolute Gasteiger partial charge is 0.245 e. The molecule has 0 aromatic heterocycles. The van der Waals surface area contributed by atoms with Crippen LogP contribution in [0.4, 0.5) is 0 Å². The van der Waals surface area contributed by atoms with E-state index in [-0.39, 0.29) is 50.1 Å². The SMILES string of the molecule is CC(C)[C@H]1NC(=O)[C@@H](NC(=O)CC(c2ccccc2)c2ccccc2)CCCNC(=O)CN(C)C(=O)[C@H](Cc2ccccc2)NC(=O)[C@@H](C)NC1=O. The summed E-state index contributed by atoms with van der Waals surface area (Å²) in [5, 5.41) is 13.9. The number of likely N-dealkylation sites (N-methyl/N-ethyl adjacent to an activating group) is 1. The topological polar surface area (TPSA) is 166 Å². The first-order chi connectivity index (χ1) is 24.9. The number of hydrogen-bond acceptors (Lipinski definition) is 6. The summed E-state index contributed by atoms with van der Waals surface area (Å²) in [5.74, 6) is -3.62. The van der Waals surface area contributed by atoms with E-state index >= 15 is 0 Å². The van der Waals surface area contributed by atoms with Crippen LogP contribution in [0.1, 0.15) is 62.6 Å². The highest BCUT2D eigenvalue weighted by Gasteiger charge is 2.33. The minimum Gasteiger partial charge on any atom is -0.355 e. The van der Waals surface area contributed by atoms with Crippen LogP contribution in [0, 0.1) is 5.92 Å². The molecule has 0 spiro atoms. The third-order valence-electron chi connectivity index (χ3n) is 9.09. The van der Waals surface area contributed by atoms with Crippen LogP contribution < -0.4 is 26.6 Å². The summed E-state index contributed by atoms with van der Waals surface area (Å²) in [6.45, 7) is 4.93. The minimum absolute atomic E-state index is 0.0703. The molecule has 6 amide bonds. The molecule has 12 nitrogen and oxygen atoms in total. The van der Waals surface area contributed by atoms with E-state index in [1.807, 2.05) is 91.0 Å². The second kappa shape index (κ2) is 19.2. The zero-order valence-corrected chi connectivity index (χ0v) is 30.3. The molecule has 5 N–H and O–H groups in total. The predicted molar refractivity (Wildman–Crippen MR) is 198 cm³/mol. The molecule has 1 fully saturated rings. The highest BCUT2D eigenvalue weighted by Crippen LogP contribution is 2.28. The minimum atomic E-state index is -1.06. The van der Waals surface area contributed by atoms with Crippen molar-refractivity contribution in [2.24, 2.45) is 5.92 Å². The molecule has 0 radical (unpaired) electrons. The van der Waals surface area contributed by atoms with Gasteiger partial charge in [-0.2, -0.15) is 0 Å². The normalized spacial score (nSPS) is 21.3. The molecule has 1 aliphatic rings. The maximum Gasteiger partial charge on any atom is 0.245 e. The van der Waals surface area contributed by atoms with Crippen LogP contribution in [0.25, 0.3) is 0 Å². The van der Waals surface area contributed by atoms with Crippen LogP contribution in [0.15, 0.2) is 91.0 Å². The predicted octanol–water partition coefficient (Wildman–Crippen LogP) is 2.43. The zero-order valence-electron chi connectivity index (χ0n) is 30.3. The van der Waals surface area contributed by atoms with Crippen LogP contribution in [-0.4, -0.2) is 84.6 Å². The maximum absolute atomic E-state index is 13.8. The Balaban J connectivity index is 1.54. The van der Waals surface area contributed by atoms with Gasteiger partial charge in [-0.25, -0.2) is 0 Å². The molecule has 4 atom stereocenters. The number of rotatable bonds is 8. The molecule has 4 rings (SSSR count). The summed E-state index contributed by atoms with van der Waals surface area (Å²) >= 11 is 0. The van der Waals surface area contributed by atoms with E-state index in [2.05, 4.69) is 26.6 Å². The van der Waals surface area contributed by atoms with Crippen molar-refractivity contribution >= 4 is 35.4 Å². The summed E-state index contributed by atoms with van der Waals surface area (Å²) in [7, 11) is 1.48. The first-order valence-electron chi connectivity index (χ1n) is 17.8. The van der Waals surface area contributed by atoms with Crippen molar-refractivity contribution in [1.29, 1.82) is 0 Å². The molecule has 0 saturated carbocycles. The van der Waals surface area contributed by atoms with Gasteiger partial charge >= 0.3 is 0 Å². The summed E-state index contributed by atoms with van der Waals surface area (Å²) in [5.41, 5.74) is 2.70. The van der Waals surface area contributed by atoms with Crippen molar-refractivity contribution in [2.45, 2.75) is 76.5 Å². The van der Waals surface area contributed by atoms with Crippen molar-refractivity contribution in [3.63, 3.8) is 0 Å². The summed E-state index contributed by atoms with van der Waals surface area (Å²) in [4.78, 5) is 82.1. The first-order valence-corrected chi connectivity index (χ1v) is 17.8. The molecule has 12 heteroatoms. The molecule has 0 bridgehead atoms. The molecule has 1 heterocycles. The van der Waals surface area contributed by atoms with Gasteiger partial charge < -0.3 is 31.5 Å². The molecule has 3 aromatic rings. The fourth-order valence-electron chi connectivity index (χ4n) is 6.16. The molecule has 1 saturated heterocycles. The number of nitrogens with zero attached hydrogens (tertiary/aromatic N) is 1. The molecule has 1 aliphatic heterocycles. The van der Waals surface area contributed by atoms with Gasteiger partial charge in [0.1, 0.15) is 24.2 Å². The van der Waals surface area contributed by atoms with Gasteiger partial charge in [0.15, 0.2) is 0 Å². The molecular formula is C40H50N6O6. The fourth-order valence-corrected chi connectivity index (χ4v) is 6.16. The lowest BCUT2D eigenvalue weighted by Gasteiger charge is -2.28. The lowest BCUT2D eigenvalue weighted by atomic mass is 9.88. The van der Waals surface area contributed by atoms with Gasteiger partial charge in [0, 0.05) is 32.4 Å². The number of carbonyl (C=O) groups excluding carboxylic acids is 6. The lowest BCUT2D eigenvalue weighted by Crippen LogP contribution is -2.59. The van der Waals surface area contributed by atoms with E-state index < -0.39 is 53.7 Å². The van der Waals surface area contributed by atoms with E-state index in [9.17, 15) is 28.8 Å². The Kier molecular flexibility index (Phi) is 14.5. The Morgan fingerprint density at radius 3 is 1.94 bits per heavy atom. The standard InChI is InChI=1S/C40H50N6O6/c1-26(2)36-39(51)42-27(3)37(49)44-33(23-28-15-8-5-9-16-28)40(52)46(4)25-35(48)41-22-14-21-32(38(50)45-36)43-34(47)24-31(29-17-10-6-11-18-29)30-19-12-7-13-20-30/h5-13,15-20,26-27,31-33,36H,14,21-25H2,1-4H3,(H,41,48)(H,42,51)(H,43,47)(H,44,49)(H,45,50)/t27-,32+,33+,36-/m1/s1. The number of amides is 6. The number of nitrogens with one attached hydrogen (secondary N) is 5. The van der Waals surface area contributed by atoms with E-state index in [0.29, 0.717) is 6.42 Å². The molecule has 276 valence electrons. The second-order valence-electron chi connectivity index (χ2n) is 13.6. The Hall–Kier alpha value is -5.52. The third kappa shape index (κ3) is 11.5. The van der Waals surface area contributed by atoms with Crippen LogP contribution in [0.3, 0.4) is 0 Å². The number of hydrogen-bond donors (Lipinski definition) is 5. The lowest BCUT2D eigenvalue weighted by molar-refractivity contribution is -0.139. The van der Waals surface area contributed by atoms with Gasteiger partial charge in [-0.3, -0.25) is 28.8 Å². The fraction of sp³-hybridized carbons (Fsp3) is 0.400. The van der Waals surface area contributed by atoms with Crippen LogP contribution in [-0.2, 0) is 35.2 Å². The number of benzene rings is 3. The average molecular weight is 711 g/mol. The summed E-state index contributed by atoms with van der Waals surface area (Å²) in [6, 6.07) is 24.3. The molecular weight excluding hydrogens is 660 g/mol. The highest BCUT2D eigenvalue weighted by molar-refractivity contribution is 5.96. The Labute approximate surface area is 305 Å². The van der Waals surface area contributed by atoms with Crippen molar-refractivity contribution in [2.75, 3.05) is 20.1 Å². The maximum atomic E-state index is 13.8. The van der Waals surface area contributed by atoms with Gasteiger partial charge in [-0.15, -0.1) is 0 Å². The van der Waals surface area contributed by atoms with Crippen molar-refractivity contribution < 1.29 is 28.8 Å². The van der Waals surface area contributed by atoms with Gasteiger partial charge in [0.2, 0.25) is 35.4 Å². The highest BCUT2D eigenvalue weighted by atomic mass is 16.2. The van der Waals surface area contributed by atoms with Crippen molar-refractivity contribution in [3.8, 4) is 0 Å². The van der Waals surface area contributed by atoms with E-state index in [1.54, 1.807) is 13.8 Å². The van der Waals surface area contributed by atoms with Gasteiger partial charge in [-0.1, -0.05) is 105 Å². The first kappa shape index (κ1) is 39.3. The average Bonchev–Trinajstić information content (AvgIpc) is 3.13. The van der Waals surface area contributed by atoms with E-state index in [4.69, 9.17) is 0 Å². The monoisotopic (exact) mass is 710 g/mol. The summed E-state index contributed by atoms with van der Waals surface area (Å²) < 4.78 is 0. The van der Waals surface area contributed by atoms with Crippen molar-refractivity contribution in [3.05, 3.63) is 108 Å². The Morgan fingerprint density at radius 2 is 1.37 bits per heavy atom. The molecule has 0 unspecified atom stereocenters. The quantitative estimate of drug-likeness (QED) is 0.241. The Morgan fingerprint density at radius 1 is 0.788 bits per heavy atom. The van der Waals surface area contributed by atoms with Gasteiger partial charge in [0.25, 0.3) is 0 Å². The molecule has 52 heavy (non-hydrogen) atoms. The van der Waals surface area contributed by atoms with E-state index in [1.165, 1.54) is 18.9 Å². The van der Waals surface area contributed by atoms with Crippen LogP contribution in [0.5, 0.6) is 0 Å². The van der Waals surface area contributed by atoms with Gasteiger partial charge in [-0.05, 0) is 42.4 Å².